The summed E-state index contributed by atoms with van der Waals surface area (Å²) in [5.74, 6) is -0.264. The third-order valence-electron chi connectivity index (χ3n) is 2.56. The number of rotatable bonds is 3. The molecule has 0 radical (unpaired) electrons. The SMILES string of the molecule is Fc1ccc(C(Br)Cc2ccncc2Cl)cc1Br. The highest BCUT2D eigenvalue weighted by Crippen LogP contribution is 2.31. The molecule has 94 valence electrons. The summed E-state index contributed by atoms with van der Waals surface area (Å²) in [6.45, 7) is 0. The minimum absolute atomic E-state index is 0.0781. The Balaban J connectivity index is 2.19. The van der Waals surface area contributed by atoms with Gasteiger partial charge in [0.2, 0.25) is 0 Å². The number of aromatic nitrogens is 1. The van der Waals surface area contributed by atoms with Gasteiger partial charge < -0.3 is 0 Å². The zero-order valence-corrected chi connectivity index (χ0v) is 13.1. The summed E-state index contributed by atoms with van der Waals surface area (Å²) in [6.07, 6.45) is 4.05. The fraction of sp³-hybridized carbons (Fsp3) is 0.154. The first-order chi connectivity index (χ1) is 8.58. The van der Waals surface area contributed by atoms with Crippen LogP contribution >= 0.6 is 43.5 Å². The molecule has 1 nitrogen and oxygen atoms in total. The molecule has 1 atom stereocenters. The monoisotopic (exact) mass is 391 g/mol. The van der Waals surface area contributed by atoms with Gasteiger partial charge >= 0.3 is 0 Å². The summed E-state index contributed by atoms with van der Waals surface area (Å²) < 4.78 is 13.6. The van der Waals surface area contributed by atoms with Crippen molar-refractivity contribution in [1.29, 1.82) is 0 Å². The zero-order valence-electron chi connectivity index (χ0n) is 9.21. The van der Waals surface area contributed by atoms with E-state index in [9.17, 15) is 4.39 Å². The molecule has 5 heteroatoms. The maximum absolute atomic E-state index is 13.2. The van der Waals surface area contributed by atoms with Gasteiger partial charge in [0.25, 0.3) is 0 Å². The number of halogens is 4. The molecule has 0 aliphatic heterocycles. The average molecular weight is 393 g/mol. The van der Waals surface area contributed by atoms with E-state index in [2.05, 4.69) is 36.8 Å². The molecule has 1 aromatic carbocycles. The zero-order chi connectivity index (χ0) is 13.1. The lowest BCUT2D eigenvalue weighted by Gasteiger charge is -2.12. The first-order valence-corrected chi connectivity index (χ1v) is 7.34. The van der Waals surface area contributed by atoms with Crippen molar-refractivity contribution in [3.63, 3.8) is 0 Å². The van der Waals surface area contributed by atoms with Crippen LogP contribution in [0.2, 0.25) is 5.02 Å². The lowest BCUT2D eigenvalue weighted by molar-refractivity contribution is 0.620. The molecule has 0 bridgehead atoms. The van der Waals surface area contributed by atoms with Gasteiger partial charge in [0.05, 0.1) is 9.50 Å². The van der Waals surface area contributed by atoms with Crippen LogP contribution in [0.5, 0.6) is 0 Å². The molecule has 0 aliphatic rings. The van der Waals surface area contributed by atoms with Crippen molar-refractivity contribution >= 4 is 43.5 Å². The van der Waals surface area contributed by atoms with E-state index in [-0.39, 0.29) is 10.6 Å². The predicted molar refractivity (Wildman–Crippen MR) is 78.7 cm³/mol. The fourth-order valence-corrected chi connectivity index (χ4v) is 2.81. The maximum atomic E-state index is 13.2. The molecular weight excluding hydrogens is 384 g/mol. The minimum atomic E-state index is -0.264. The molecule has 18 heavy (non-hydrogen) atoms. The minimum Gasteiger partial charge on any atom is -0.263 e. The molecule has 0 saturated heterocycles. The molecule has 0 aliphatic carbocycles. The van der Waals surface area contributed by atoms with E-state index in [1.54, 1.807) is 24.5 Å². The fourth-order valence-electron chi connectivity index (χ4n) is 1.59. The average Bonchev–Trinajstić information content (AvgIpc) is 2.35. The Morgan fingerprint density at radius 2 is 2.11 bits per heavy atom. The van der Waals surface area contributed by atoms with Gasteiger partial charge in [0.15, 0.2) is 0 Å². The van der Waals surface area contributed by atoms with Gasteiger partial charge in [-0.05, 0) is 51.7 Å². The lowest BCUT2D eigenvalue weighted by Crippen LogP contribution is -1.97. The molecule has 2 rings (SSSR count). The van der Waals surface area contributed by atoms with E-state index >= 15 is 0 Å². The van der Waals surface area contributed by atoms with E-state index in [1.807, 2.05) is 6.07 Å². The molecule has 1 unspecified atom stereocenters. The van der Waals surface area contributed by atoms with Gasteiger partial charge in [-0.3, -0.25) is 4.98 Å². The van der Waals surface area contributed by atoms with Crippen LogP contribution in [0.3, 0.4) is 0 Å². The number of benzene rings is 1. The van der Waals surface area contributed by atoms with Crippen molar-refractivity contribution in [1.82, 2.24) is 4.98 Å². The number of nitrogens with zero attached hydrogens (tertiary/aromatic N) is 1. The summed E-state index contributed by atoms with van der Waals surface area (Å²) >= 11 is 12.8. The molecule has 0 N–H and O–H groups in total. The summed E-state index contributed by atoms with van der Waals surface area (Å²) in [5.41, 5.74) is 2.00. The van der Waals surface area contributed by atoms with Crippen LogP contribution < -0.4 is 0 Å². The summed E-state index contributed by atoms with van der Waals surface area (Å²) in [4.78, 5) is 4.02. The van der Waals surface area contributed by atoms with Crippen LogP contribution in [0.15, 0.2) is 41.1 Å². The molecule has 0 fully saturated rings. The van der Waals surface area contributed by atoms with Crippen molar-refractivity contribution in [3.05, 3.63) is 63.1 Å². The molecular formula is C13H9Br2ClFN. The van der Waals surface area contributed by atoms with Crippen molar-refractivity contribution < 1.29 is 4.39 Å². The van der Waals surface area contributed by atoms with Gasteiger partial charge in [-0.25, -0.2) is 4.39 Å². The van der Waals surface area contributed by atoms with E-state index in [4.69, 9.17) is 11.6 Å². The van der Waals surface area contributed by atoms with Crippen molar-refractivity contribution in [2.45, 2.75) is 11.2 Å². The number of hydrogen-bond acceptors (Lipinski definition) is 1. The van der Waals surface area contributed by atoms with Crippen LogP contribution in [-0.4, -0.2) is 4.98 Å². The molecule has 1 heterocycles. The Morgan fingerprint density at radius 1 is 1.33 bits per heavy atom. The second kappa shape index (κ2) is 6.13. The van der Waals surface area contributed by atoms with Crippen LogP contribution in [0.4, 0.5) is 4.39 Å². The first kappa shape index (κ1) is 14.0. The van der Waals surface area contributed by atoms with Crippen molar-refractivity contribution in [2.75, 3.05) is 0 Å². The van der Waals surface area contributed by atoms with Gasteiger partial charge in [-0.1, -0.05) is 33.6 Å². The number of pyridine rings is 1. The highest BCUT2D eigenvalue weighted by Gasteiger charge is 2.12. The Morgan fingerprint density at radius 3 is 2.78 bits per heavy atom. The molecule has 0 saturated carbocycles. The van der Waals surface area contributed by atoms with Crippen LogP contribution in [-0.2, 0) is 6.42 Å². The Bertz CT molecular complexity index is 562. The Labute approximate surface area is 127 Å². The molecule has 2 aromatic rings. The normalized spacial score (nSPS) is 12.4. The van der Waals surface area contributed by atoms with Crippen molar-refractivity contribution in [2.24, 2.45) is 0 Å². The van der Waals surface area contributed by atoms with Gasteiger partial charge in [-0.15, -0.1) is 0 Å². The van der Waals surface area contributed by atoms with E-state index in [0.29, 0.717) is 9.50 Å². The van der Waals surface area contributed by atoms with Crippen molar-refractivity contribution in [3.8, 4) is 0 Å². The Kier molecular flexibility index (Phi) is 4.76. The smallest absolute Gasteiger partial charge is 0.137 e. The van der Waals surface area contributed by atoms with Crippen LogP contribution in [0, 0.1) is 5.82 Å². The number of alkyl halides is 1. The molecule has 1 aromatic heterocycles. The molecule has 0 amide bonds. The second-order valence-electron chi connectivity index (χ2n) is 3.81. The summed E-state index contributed by atoms with van der Waals surface area (Å²) in [6, 6.07) is 6.86. The van der Waals surface area contributed by atoms with Gasteiger partial charge in [0.1, 0.15) is 5.82 Å². The predicted octanol–water partition coefficient (Wildman–Crippen LogP) is 5.32. The lowest BCUT2D eigenvalue weighted by atomic mass is 10.1. The summed E-state index contributed by atoms with van der Waals surface area (Å²) in [7, 11) is 0. The van der Waals surface area contributed by atoms with E-state index in [1.165, 1.54) is 6.07 Å². The van der Waals surface area contributed by atoms with Gasteiger partial charge in [0, 0.05) is 17.2 Å². The maximum Gasteiger partial charge on any atom is 0.137 e. The van der Waals surface area contributed by atoms with Crippen LogP contribution in [0.1, 0.15) is 16.0 Å². The summed E-state index contributed by atoms with van der Waals surface area (Å²) in [5, 5.41) is 0.642. The topological polar surface area (TPSA) is 12.9 Å². The first-order valence-electron chi connectivity index (χ1n) is 5.25. The quantitative estimate of drug-likeness (QED) is 0.644. The highest BCUT2D eigenvalue weighted by molar-refractivity contribution is 9.10. The van der Waals surface area contributed by atoms with Crippen LogP contribution in [0.25, 0.3) is 0 Å². The third-order valence-corrected chi connectivity index (χ3v) is 4.36. The number of hydrogen-bond donors (Lipinski definition) is 0. The largest absolute Gasteiger partial charge is 0.263 e. The van der Waals surface area contributed by atoms with Gasteiger partial charge in [-0.2, -0.15) is 0 Å². The standard InChI is InChI=1S/C13H9Br2ClFN/c14-10(6-9-3-4-18-7-12(9)16)8-1-2-13(17)11(15)5-8/h1-5,7,10H,6H2. The van der Waals surface area contributed by atoms with E-state index in [0.717, 1.165) is 17.5 Å². The molecule has 0 spiro atoms. The second-order valence-corrected chi connectivity index (χ2v) is 6.18. The van der Waals surface area contributed by atoms with E-state index < -0.39 is 0 Å². The Hall–Kier alpha value is -0.450. The highest BCUT2D eigenvalue weighted by atomic mass is 79.9. The third kappa shape index (κ3) is 3.31.